The Hall–Kier alpha value is -2.76. The first-order valence-electron chi connectivity index (χ1n) is 10.6. The maximum atomic E-state index is 5.78. The van der Waals surface area contributed by atoms with Crippen molar-refractivity contribution in [2.75, 3.05) is 25.6 Å². The van der Waals surface area contributed by atoms with Gasteiger partial charge in [0, 0.05) is 17.7 Å². The van der Waals surface area contributed by atoms with Crippen molar-refractivity contribution in [1.29, 1.82) is 0 Å². The molecule has 1 heterocycles. The first-order valence-corrected chi connectivity index (χ1v) is 11.7. The highest BCUT2D eigenvalue weighted by molar-refractivity contribution is 8.00. The minimum absolute atomic E-state index is 0.405. The zero-order valence-corrected chi connectivity index (χ0v) is 18.6. The molecule has 0 radical (unpaired) electrons. The van der Waals surface area contributed by atoms with Crippen LogP contribution in [0.25, 0.3) is 11.1 Å². The Labute approximate surface area is 188 Å². The van der Waals surface area contributed by atoms with E-state index in [1.54, 1.807) is 0 Å². The van der Waals surface area contributed by atoms with Gasteiger partial charge in [0.25, 0.3) is 0 Å². The van der Waals surface area contributed by atoms with Gasteiger partial charge in [-0.25, -0.2) is 0 Å². The third-order valence-electron chi connectivity index (χ3n) is 5.21. The number of nitrogens with one attached hydrogen (secondary N) is 1. The number of rotatable bonds is 9. The third-order valence-corrected chi connectivity index (χ3v) is 6.39. The molecule has 1 saturated heterocycles. The molecule has 0 aliphatic carbocycles. The summed E-state index contributed by atoms with van der Waals surface area (Å²) in [5.74, 6) is 1.92. The summed E-state index contributed by atoms with van der Waals surface area (Å²) in [4.78, 5) is 5.48. The molecule has 0 bridgehead atoms. The van der Waals surface area contributed by atoms with E-state index in [2.05, 4.69) is 46.9 Å². The number of oxime groups is 1. The van der Waals surface area contributed by atoms with Gasteiger partial charge in [-0.05, 0) is 53.8 Å². The van der Waals surface area contributed by atoms with Crippen molar-refractivity contribution < 1.29 is 9.57 Å². The van der Waals surface area contributed by atoms with E-state index in [0.717, 1.165) is 35.9 Å². The molecule has 1 aliphatic rings. The fourth-order valence-electron chi connectivity index (χ4n) is 3.52. The highest BCUT2D eigenvalue weighted by atomic mass is 32.2. The lowest BCUT2D eigenvalue weighted by molar-refractivity contribution is 0.107. The van der Waals surface area contributed by atoms with Crippen molar-refractivity contribution >= 4 is 17.5 Å². The van der Waals surface area contributed by atoms with Gasteiger partial charge in [-0.3, -0.25) is 0 Å². The fourth-order valence-corrected chi connectivity index (χ4v) is 4.54. The van der Waals surface area contributed by atoms with E-state index in [4.69, 9.17) is 9.57 Å². The second kappa shape index (κ2) is 11.0. The van der Waals surface area contributed by atoms with E-state index in [0.29, 0.717) is 18.5 Å². The molecule has 5 heteroatoms. The average Bonchev–Trinajstić information content (AvgIpc) is 3.33. The van der Waals surface area contributed by atoms with Gasteiger partial charge in [0.1, 0.15) is 12.4 Å². The molecule has 1 N–H and O–H groups in total. The van der Waals surface area contributed by atoms with Gasteiger partial charge in [0.15, 0.2) is 6.61 Å². The average molecular weight is 433 g/mol. The van der Waals surface area contributed by atoms with Crippen LogP contribution in [-0.2, 0) is 11.3 Å². The lowest BCUT2D eigenvalue weighted by Crippen LogP contribution is -2.14. The van der Waals surface area contributed by atoms with Crippen LogP contribution in [0, 0.1) is 0 Å². The highest BCUT2D eigenvalue weighted by Crippen LogP contribution is 2.22. The maximum absolute atomic E-state index is 5.78. The van der Waals surface area contributed by atoms with E-state index in [-0.39, 0.29) is 0 Å². The van der Waals surface area contributed by atoms with Gasteiger partial charge in [-0.2, -0.15) is 0 Å². The monoisotopic (exact) mass is 432 g/mol. The molecule has 1 atom stereocenters. The van der Waals surface area contributed by atoms with E-state index in [1.165, 1.54) is 16.7 Å². The molecule has 0 aromatic heterocycles. The summed E-state index contributed by atoms with van der Waals surface area (Å²) in [6, 6.07) is 27.0. The number of hydrogen-bond donors (Lipinski definition) is 1. The van der Waals surface area contributed by atoms with E-state index >= 15 is 0 Å². The number of nitrogens with zero attached hydrogens (tertiary/aromatic N) is 1. The van der Waals surface area contributed by atoms with E-state index in [1.807, 2.05) is 61.2 Å². The quantitative estimate of drug-likeness (QED) is 0.280. The van der Waals surface area contributed by atoms with Gasteiger partial charge in [0.05, 0.1) is 5.71 Å². The van der Waals surface area contributed by atoms with Gasteiger partial charge in [0.2, 0.25) is 0 Å². The van der Waals surface area contributed by atoms with Crippen LogP contribution in [0.2, 0.25) is 0 Å². The van der Waals surface area contributed by atoms with E-state index in [9.17, 15) is 0 Å². The first kappa shape index (κ1) is 21.5. The molecule has 0 saturated carbocycles. The topological polar surface area (TPSA) is 42.9 Å². The Balaban J connectivity index is 1.23. The predicted molar refractivity (Wildman–Crippen MR) is 130 cm³/mol. The van der Waals surface area contributed by atoms with Crippen LogP contribution in [0.4, 0.5) is 0 Å². The molecule has 31 heavy (non-hydrogen) atoms. The van der Waals surface area contributed by atoms with Crippen molar-refractivity contribution in [3.8, 4) is 16.9 Å². The molecule has 4 rings (SSSR count). The SMILES string of the molecule is CC(=NOCCOc1ccc(CC2CNCS2)cc1)c1cccc(-c2ccccc2)c1. The summed E-state index contributed by atoms with van der Waals surface area (Å²) >= 11 is 1.99. The smallest absolute Gasteiger partial charge is 0.151 e. The summed E-state index contributed by atoms with van der Waals surface area (Å²) in [5, 5.41) is 8.32. The molecule has 3 aromatic carbocycles. The van der Waals surface area contributed by atoms with Crippen LogP contribution in [-0.4, -0.2) is 36.6 Å². The normalized spacial score (nSPS) is 16.3. The Bertz CT molecular complexity index is 984. The van der Waals surface area contributed by atoms with Gasteiger partial charge in [-0.1, -0.05) is 65.8 Å². The number of hydrogen-bond acceptors (Lipinski definition) is 5. The molecular formula is C26H28N2O2S. The van der Waals surface area contributed by atoms with Crippen molar-refractivity contribution in [2.45, 2.75) is 18.6 Å². The van der Waals surface area contributed by atoms with Crippen LogP contribution >= 0.6 is 11.8 Å². The second-order valence-corrected chi connectivity index (χ2v) is 8.83. The minimum atomic E-state index is 0.405. The molecule has 4 nitrogen and oxygen atoms in total. The second-order valence-electron chi connectivity index (χ2n) is 7.54. The van der Waals surface area contributed by atoms with Gasteiger partial charge in [-0.15, -0.1) is 11.8 Å². The Kier molecular flexibility index (Phi) is 7.64. The zero-order valence-electron chi connectivity index (χ0n) is 17.8. The Morgan fingerprint density at radius 1 is 0.968 bits per heavy atom. The lowest BCUT2D eigenvalue weighted by Gasteiger charge is -2.09. The minimum Gasteiger partial charge on any atom is -0.490 e. The van der Waals surface area contributed by atoms with Gasteiger partial charge >= 0.3 is 0 Å². The largest absolute Gasteiger partial charge is 0.490 e. The Morgan fingerprint density at radius 2 is 1.77 bits per heavy atom. The van der Waals surface area contributed by atoms with Crippen molar-refractivity contribution in [3.63, 3.8) is 0 Å². The lowest BCUT2D eigenvalue weighted by atomic mass is 10.0. The van der Waals surface area contributed by atoms with Crippen molar-refractivity contribution in [1.82, 2.24) is 5.32 Å². The molecule has 1 fully saturated rings. The first-order chi connectivity index (χ1) is 15.3. The molecule has 0 amide bonds. The molecular weight excluding hydrogens is 404 g/mol. The summed E-state index contributed by atoms with van der Waals surface area (Å²) < 4.78 is 5.78. The third kappa shape index (κ3) is 6.36. The zero-order chi connectivity index (χ0) is 21.3. The van der Waals surface area contributed by atoms with Crippen molar-refractivity contribution in [3.05, 3.63) is 90.0 Å². The highest BCUT2D eigenvalue weighted by Gasteiger charge is 2.15. The van der Waals surface area contributed by atoms with Crippen LogP contribution in [0.5, 0.6) is 5.75 Å². The number of benzene rings is 3. The number of thioether (sulfide) groups is 1. The molecule has 160 valence electrons. The summed E-state index contributed by atoms with van der Waals surface area (Å²) in [5.41, 5.74) is 5.61. The summed E-state index contributed by atoms with van der Waals surface area (Å²) in [6.45, 7) is 3.92. The predicted octanol–water partition coefficient (Wildman–Crippen LogP) is 5.38. The number of ether oxygens (including phenoxy) is 1. The van der Waals surface area contributed by atoms with Crippen LogP contribution in [0.15, 0.2) is 84.0 Å². The van der Waals surface area contributed by atoms with E-state index < -0.39 is 0 Å². The van der Waals surface area contributed by atoms with Gasteiger partial charge < -0.3 is 14.9 Å². The molecule has 0 spiro atoms. The molecule has 1 unspecified atom stereocenters. The summed E-state index contributed by atoms with van der Waals surface area (Å²) in [7, 11) is 0. The van der Waals surface area contributed by atoms with Crippen LogP contribution in [0.1, 0.15) is 18.1 Å². The standard InChI is InChI=1S/C26H28N2O2S/c1-20(23-8-5-9-24(17-23)22-6-3-2-4-7-22)28-30-15-14-29-25-12-10-21(11-13-25)16-26-18-27-19-31-26/h2-13,17,26-27H,14-16,18-19H2,1H3. The molecule has 3 aromatic rings. The van der Waals surface area contributed by atoms with Crippen molar-refractivity contribution in [2.24, 2.45) is 5.16 Å². The summed E-state index contributed by atoms with van der Waals surface area (Å²) in [6.07, 6.45) is 1.10. The molecule has 1 aliphatic heterocycles. The maximum Gasteiger partial charge on any atom is 0.151 e. The van der Waals surface area contributed by atoms with Crippen LogP contribution in [0.3, 0.4) is 0 Å². The van der Waals surface area contributed by atoms with Crippen LogP contribution < -0.4 is 10.1 Å². The Morgan fingerprint density at radius 3 is 2.55 bits per heavy atom. The fraction of sp³-hybridized carbons (Fsp3) is 0.269.